The molecule has 0 unspecified atom stereocenters. The van der Waals surface area contributed by atoms with E-state index in [1.54, 1.807) is 52.3 Å². The molecule has 0 saturated heterocycles. The molecule has 1 aromatic rings. The lowest BCUT2D eigenvalue weighted by Crippen LogP contribution is -2.41. The molecule has 0 radical (unpaired) electrons. The van der Waals surface area contributed by atoms with Crippen LogP contribution in [0.3, 0.4) is 0 Å². The summed E-state index contributed by atoms with van der Waals surface area (Å²) < 4.78 is 15.7. The van der Waals surface area contributed by atoms with Crippen molar-refractivity contribution in [2.45, 2.75) is 32.8 Å². The Labute approximate surface area is 176 Å². The Kier molecular flexibility index (Phi) is 7.68. The van der Waals surface area contributed by atoms with E-state index in [1.807, 2.05) is 0 Å². The summed E-state index contributed by atoms with van der Waals surface area (Å²) in [5, 5.41) is 5.23. The van der Waals surface area contributed by atoms with Gasteiger partial charge in [0.15, 0.2) is 11.5 Å². The number of carbonyl (C=O) groups excluding carboxylic acids is 3. The second-order valence-electron chi connectivity index (χ2n) is 7.70. The summed E-state index contributed by atoms with van der Waals surface area (Å²) in [7, 11) is 3.08. The molecule has 1 heterocycles. The predicted octanol–water partition coefficient (Wildman–Crippen LogP) is 1.70. The SMILES string of the molecule is COc1cc2c(cc1OC)CC(=O)N(CC(=O)NCCNC(=O)OC(C)(C)C)C=C2. The van der Waals surface area contributed by atoms with Gasteiger partial charge in [-0.15, -0.1) is 0 Å². The molecule has 1 aliphatic heterocycles. The summed E-state index contributed by atoms with van der Waals surface area (Å²) in [5.41, 5.74) is 1.03. The minimum atomic E-state index is -0.585. The van der Waals surface area contributed by atoms with E-state index in [2.05, 4.69) is 10.6 Å². The van der Waals surface area contributed by atoms with Crippen molar-refractivity contribution in [2.24, 2.45) is 0 Å². The van der Waals surface area contributed by atoms with Gasteiger partial charge in [-0.1, -0.05) is 0 Å². The highest BCUT2D eigenvalue weighted by Gasteiger charge is 2.21. The molecule has 9 nitrogen and oxygen atoms in total. The second-order valence-corrected chi connectivity index (χ2v) is 7.70. The van der Waals surface area contributed by atoms with Crippen LogP contribution < -0.4 is 20.1 Å². The van der Waals surface area contributed by atoms with E-state index >= 15 is 0 Å². The van der Waals surface area contributed by atoms with E-state index in [0.29, 0.717) is 11.5 Å². The van der Waals surface area contributed by atoms with Gasteiger partial charge in [0.1, 0.15) is 12.1 Å². The Morgan fingerprint density at radius 2 is 1.70 bits per heavy atom. The normalized spacial score (nSPS) is 13.2. The molecule has 2 N–H and O–H groups in total. The van der Waals surface area contributed by atoms with Gasteiger partial charge in [0.25, 0.3) is 0 Å². The summed E-state index contributed by atoms with van der Waals surface area (Å²) in [6, 6.07) is 3.56. The fourth-order valence-electron chi connectivity index (χ4n) is 2.80. The van der Waals surface area contributed by atoms with E-state index in [1.165, 1.54) is 12.0 Å². The molecule has 0 fully saturated rings. The largest absolute Gasteiger partial charge is 0.493 e. The topological polar surface area (TPSA) is 106 Å². The van der Waals surface area contributed by atoms with E-state index in [4.69, 9.17) is 14.2 Å². The number of nitrogens with one attached hydrogen (secondary N) is 2. The summed E-state index contributed by atoms with van der Waals surface area (Å²) >= 11 is 0. The van der Waals surface area contributed by atoms with Crippen LogP contribution in [0, 0.1) is 0 Å². The van der Waals surface area contributed by atoms with Crippen LogP contribution in [0.25, 0.3) is 6.08 Å². The van der Waals surface area contributed by atoms with Crippen LogP contribution in [-0.4, -0.2) is 62.3 Å². The zero-order chi connectivity index (χ0) is 22.3. The Morgan fingerprint density at radius 1 is 1.07 bits per heavy atom. The number of methoxy groups -OCH3 is 2. The smallest absolute Gasteiger partial charge is 0.407 e. The van der Waals surface area contributed by atoms with Crippen LogP contribution in [0.2, 0.25) is 0 Å². The van der Waals surface area contributed by atoms with Crippen molar-refractivity contribution in [1.29, 1.82) is 0 Å². The molecule has 1 aromatic carbocycles. The summed E-state index contributed by atoms with van der Waals surface area (Å²) in [5.74, 6) is 0.567. The molecule has 164 valence electrons. The molecule has 1 aliphatic rings. The van der Waals surface area contributed by atoms with Crippen LogP contribution in [0.4, 0.5) is 4.79 Å². The summed E-state index contributed by atoms with van der Waals surface area (Å²) in [4.78, 5) is 37.7. The van der Waals surface area contributed by atoms with Crippen molar-refractivity contribution < 1.29 is 28.6 Å². The quantitative estimate of drug-likeness (QED) is 0.652. The Hall–Kier alpha value is -3.23. The van der Waals surface area contributed by atoms with Crippen LogP contribution in [0.5, 0.6) is 11.5 Å². The Bertz CT molecular complexity index is 829. The van der Waals surface area contributed by atoms with Crippen LogP contribution in [0.15, 0.2) is 18.3 Å². The molecule has 0 saturated carbocycles. The number of benzene rings is 1. The van der Waals surface area contributed by atoms with Gasteiger partial charge >= 0.3 is 6.09 Å². The van der Waals surface area contributed by atoms with Gasteiger partial charge in [-0.2, -0.15) is 0 Å². The zero-order valence-corrected chi connectivity index (χ0v) is 18.0. The first-order chi connectivity index (χ1) is 14.1. The standard InChI is InChI=1S/C21H29N3O6/c1-21(2,3)30-20(27)23-8-7-22-18(25)13-24-9-6-14-10-16(28-4)17(29-5)11-15(14)12-19(24)26/h6,9-11H,7-8,12-13H2,1-5H3,(H,22,25)(H,23,27). The van der Waals surface area contributed by atoms with Gasteiger partial charge in [-0.25, -0.2) is 4.79 Å². The number of nitrogens with zero attached hydrogens (tertiary/aromatic N) is 1. The Balaban J connectivity index is 1.88. The third-order valence-electron chi connectivity index (χ3n) is 4.17. The third kappa shape index (κ3) is 6.68. The highest BCUT2D eigenvalue weighted by atomic mass is 16.6. The second kappa shape index (κ2) is 10.00. The zero-order valence-electron chi connectivity index (χ0n) is 18.0. The molecular weight excluding hydrogens is 390 g/mol. The highest BCUT2D eigenvalue weighted by molar-refractivity contribution is 5.89. The summed E-state index contributed by atoms with van der Waals surface area (Å²) in [6.45, 7) is 5.62. The number of ether oxygens (including phenoxy) is 3. The maximum atomic E-state index is 12.6. The average Bonchev–Trinajstić information content (AvgIpc) is 2.81. The first-order valence-corrected chi connectivity index (χ1v) is 9.59. The lowest BCUT2D eigenvalue weighted by atomic mass is 10.0. The molecular formula is C21H29N3O6. The third-order valence-corrected chi connectivity index (χ3v) is 4.17. The van der Waals surface area contributed by atoms with E-state index in [9.17, 15) is 14.4 Å². The molecule has 0 aromatic heterocycles. The van der Waals surface area contributed by atoms with Crippen LogP contribution in [0.1, 0.15) is 31.9 Å². The maximum absolute atomic E-state index is 12.6. The molecule has 30 heavy (non-hydrogen) atoms. The van der Waals surface area contributed by atoms with Crippen molar-refractivity contribution >= 4 is 24.0 Å². The predicted molar refractivity (Wildman–Crippen MR) is 111 cm³/mol. The molecule has 0 bridgehead atoms. The molecule has 3 amide bonds. The number of rotatable bonds is 7. The first kappa shape index (κ1) is 23.1. The lowest BCUT2D eigenvalue weighted by Gasteiger charge is -2.20. The highest BCUT2D eigenvalue weighted by Crippen LogP contribution is 2.32. The van der Waals surface area contributed by atoms with Crippen molar-refractivity contribution in [3.05, 3.63) is 29.5 Å². The van der Waals surface area contributed by atoms with Crippen LogP contribution in [-0.2, 0) is 20.7 Å². The van der Waals surface area contributed by atoms with E-state index in [-0.39, 0.29) is 37.9 Å². The number of carbonyl (C=O) groups is 3. The molecule has 0 aliphatic carbocycles. The van der Waals surface area contributed by atoms with E-state index < -0.39 is 11.7 Å². The number of alkyl carbamates (subject to hydrolysis) is 1. The van der Waals surface area contributed by atoms with Gasteiger partial charge < -0.3 is 29.7 Å². The number of hydrogen-bond donors (Lipinski definition) is 2. The number of amides is 3. The average molecular weight is 419 g/mol. The van der Waals surface area contributed by atoms with Gasteiger partial charge in [0.05, 0.1) is 20.6 Å². The van der Waals surface area contributed by atoms with Gasteiger partial charge in [-0.3, -0.25) is 9.59 Å². The van der Waals surface area contributed by atoms with Gasteiger partial charge in [0.2, 0.25) is 11.8 Å². The summed E-state index contributed by atoms with van der Waals surface area (Å²) in [6.07, 6.45) is 2.93. The molecule has 2 rings (SSSR count). The minimum absolute atomic E-state index is 0.121. The number of hydrogen-bond acceptors (Lipinski definition) is 6. The van der Waals surface area contributed by atoms with Crippen LogP contribution >= 0.6 is 0 Å². The monoisotopic (exact) mass is 419 g/mol. The van der Waals surface area contributed by atoms with Crippen molar-refractivity contribution in [3.8, 4) is 11.5 Å². The van der Waals surface area contributed by atoms with Crippen molar-refractivity contribution in [3.63, 3.8) is 0 Å². The number of fused-ring (bicyclic) bond motifs is 1. The van der Waals surface area contributed by atoms with Gasteiger partial charge in [-0.05, 0) is 50.1 Å². The van der Waals surface area contributed by atoms with Crippen molar-refractivity contribution in [1.82, 2.24) is 15.5 Å². The van der Waals surface area contributed by atoms with Gasteiger partial charge in [0, 0.05) is 19.3 Å². The fraction of sp³-hybridized carbons (Fsp3) is 0.476. The minimum Gasteiger partial charge on any atom is -0.493 e. The lowest BCUT2D eigenvalue weighted by molar-refractivity contribution is -0.132. The van der Waals surface area contributed by atoms with Crippen molar-refractivity contribution in [2.75, 3.05) is 33.9 Å². The van der Waals surface area contributed by atoms with E-state index in [0.717, 1.165) is 11.1 Å². The molecule has 0 atom stereocenters. The Morgan fingerprint density at radius 3 is 2.33 bits per heavy atom. The fourth-order valence-corrected chi connectivity index (χ4v) is 2.80. The first-order valence-electron chi connectivity index (χ1n) is 9.59. The molecule has 9 heteroatoms. The molecule has 0 spiro atoms. The maximum Gasteiger partial charge on any atom is 0.407 e.